The number of halogens is 2. The van der Waals surface area contributed by atoms with Gasteiger partial charge < -0.3 is 5.32 Å². The highest BCUT2D eigenvalue weighted by molar-refractivity contribution is 9.10. The van der Waals surface area contributed by atoms with Crippen LogP contribution in [0.1, 0.15) is 29.2 Å². The summed E-state index contributed by atoms with van der Waals surface area (Å²) in [6, 6.07) is 11.4. The van der Waals surface area contributed by atoms with Crippen LogP contribution in [0.25, 0.3) is 5.82 Å². The number of aryl methyl sites for hydroxylation is 1. The van der Waals surface area contributed by atoms with E-state index in [1.807, 2.05) is 31.2 Å². The van der Waals surface area contributed by atoms with Crippen molar-refractivity contribution in [3.05, 3.63) is 62.8 Å². The minimum absolute atomic E-state index is 0.0550. The lowest BCUT2D eigenvalue weighted by atomic mass is 9.86. The van der Waals surface area contributed by atoms with E-state index in [0.29, 0.717) is 23.2 Å². The second kappa shape index (κ2) is 6.24. The zero-order valence-electron chi connectivity index (χ0n) is 13.2. The Morgan fingerprint density at radius 2 is 2.12 bits per heavy atom. The molecule has 25 heavy (non-hydrogen) atoms. The van der Waals surface area contributed by atoms with Gasteiger partial charge in [0.1, 0.15) is 5.82 Å². The number of hydrogen-bond donors (Lipinski definition) is 1. The number of fused-ring (bicyclic) bond motifs is 1. The van der Waals surface area contributed by atoms with Gasteiger partial charge in [-0.05, 0) is 36.8 Å². The molecular formula is C17H13BrClN5O. The van der Waals surface area contributed by atoms with Crippen LogP contribution in [-0.4, -0.2) is 25.9 Å². The second-order valence-corrected chi connectivity index (χ2v) is 7.14. The average molecular weight is 419 g/mol. The summed E-state index contributed by atoms with van der Waals surface area (Å²) in [5.41, 5.74) is 2.90. The zero-order chi connectivity index (χ0) is 17.6. The van der Waals surface area contributed by atoms with E-state index < -0.39 is 0 Å². The first-order chi connectivity index (χ1) is 12.0. The van der Waals surface area contributed by atoms with Crippen molar-refractivity contribution in [2.45, 2.75) is 19.3 Å². The largest absolute Gasteiger partial charge is 0.310 e. The molecule has 1 aliphatic rings. The third-order valence-electron chi connectivity index (χ3n) is 4.19. The van der Waals surface area contributed by atoms with Crippen molar-refractivity contribution < 1.29 is 4.79 Å². The maximum atomic E-state index is 12.3. The Labute approximate surface area is 157 Å². The molecule has 0 aliphatic carbocycles. The highest BCUT2D eigenvalue weighted by Crippen LogP contribution is 2.40. The minimum Gasteiger partial charge on any atom is -0.310 e. The fourth-order valence-electron chi connectivity index (χ4n) is 3.14. The standard InChI is InChI=1S/C17H13BrClN5O/c1-9-16-12(10-3-2-4-11(18)7-10)8-15(25)20-17(16)24(23-9)14-6-5-13(19)21-22-14/h2-7,12H,8H2,1H3,(H,20,25). The van der Waals surface area contributed by atoms with Gasteiger partial charge >= 0.3 is 0 Å². The number of rotatable bonds is 2. The molecule has 2 aromatic heterocycles. The molecule has 3 aromatic rings. The first-order valence-corrected chi connectivity index (χ1v) is 8.84. The summed E-state index contributed by atoms with van der Waals surface area (Å²) < 4.78 is 2.59. The monoisotopic (exact) mass is 417 g/mol. The highest BCUT2D eigenvalue weighted by atomic mass is 79.9. The molecule has 1 aliphatic heterocycles. The second-order valence-electron chi connectivity index (χ2n) is 5.83. The van der Waals surface area contributed by atoms with Gasteiger partial charge in [-0.25, -0.2) is 0 Å². The topological polar surface area (TPSA) is 72.7 Å². The Morgan fingerprint density at radius 1 is 1.28 bits per heavy atom. The molecule has 1 atom stereocenters. The molecule has 4 rings (SSSR count). The number of anilines is 1. The lowest BCUT2D eigenvalue weighted by Gasteiger charge is -2.24. The molecule has 1 unspecified atom stereocenters. The van der Waals surface area contributed by atoms with Gasteiger partial charge in [0, 0.05) is 22.4 Å². The molecule has 3 heterocycles. The summed E-state index contributed by atoms with van der Waals surface area (Å²) in [7, 11) is 0. The van der Waals surface area contributed by atoms with Gasteiger partial charge in [-0.3, -0.25) is 4.79 Å². The van der Waals surface area contributed by atoms with Crippen LogP contribution in [0.15, 0.2) is 40.9 Å². The lowest BCUT2D eigenvalue weighted by Crippen LogP contribution is -2.25. The molecule has 0 spiro atoms. The van der Waals surface area contributed by atoms with Crippen molar-refractivity contribution in [1.82, 2.24) is 20.0 Å². The third kappa shape index (κ3) is 2.94. The van der Waals surface area contributed by atoms with E-state index in [9.17, 15) is 4.79 Å². The van der Waals surface area contributed by atoms with E-state index in [-0.39, 0.29) is 11.8 Å². The number of benzene rings is 1. The van der Waals surface area contributed by atoms with E-state index >= 15 is 0 Å². The number of carbonyl (C=O) groups excluding carboxylic acids is 1. The molecule has 1 amide bonds. The van der Waals surface area contributed by atoms with Gasteiger partial charge in [0.2, 0.25) is 5.91 Å². The molecular weight excluding hydrogens is 406 g/mol. The molecule has 0 fully saturated rings. The van der Waals surface area contributed by atoms with Gasteiger partial charge in [0.25, 0.3) is 0 Å². The fraction of sp³-hybridized carbons (Fsp3) is 0.176. The summed E-state index contributed by atoms with van der Waals surface area (Å²) in [4.78, 5) is 12.3. The Morgan fingerprint density at radius 3 is 2.84 bits per heavy atom. The minimum atomic E-state index is -0.0599. The number of carbonyl (C=O) groups is 1. The maximum Gasteiger partial charge on any atom is 0.226 e. The first kappa shape index (κ1) is 16.2. The van der Waals surface area contributed by atoms with Crippen molar-refractivity contribution in [2.75, 3.05) is 5.32 Å². The van der Waals surface area contributed by atoms with Gasteiger partial charge in [-0.1, -0.05) is 39.7 Å². The molecule has 1 N–H and O–H groups in total. The third-order valence-corrected chi connectivity index (χ3v) is 4.88. The molecule has 6 nitrogen and oxygen atoms in total. The molecule has 0 radical (unpaired) electrons. The SMILES string of the molecule is Cc1nn(-c2ccc(Cl)nn2)c2c1C(c1cccc(Br)c1)CC(=O)N2. The molecule has 0 saturated carbocycles. The molecule has 1 aromatic carbocycles. The quantitative estimate of drug-likeness (QED) is 0.686. The van der Waals surface area contributed by atoms with Crippen molar-refractivity contribution in [2.24, 2.45) is 0 Å². The van der Waals surface area contributed by atoms with Crippen molar-refractivity contribution in [3.8, 4) is 5.82 Å². The van der Waals surface area contributed by atoms with E-state index in [4.69, 9.17) is 11.6 Å². The lowest BCUT2D eigenvalue weighted by molar-refractivity contribution is -0.116. The Balaban J connectivity index is 1.87. The predicted molar refractivity (Wildman–Crippen MR) is 98.1 cm³/mol. The number of nitrogens with one attached hydrogen (secondary N) is 1. The van der Waals surface area contributed by atoms with Crippen LogP contribution in [0.3, 0.4) is 0 Å². The van der Waals surface area contributed by atoms with Crippen LogP contribution in [0.5, 0.6) is 0 Å². The Bertz CT molecular complexity index is 970. The number of nitrogens with zero attached hydrogens (tertiary/aromatic N) is 4. The van der Waals surface area contributed by atoms with E-state index in [2.05, 4.69) is 36.5 Å². The average Bonchev–Trinajstić information content (AvgIpc) is 2.91. The fourth-order valence-corrected chi connectivity index (χ4v) is 3.66. The predicted octanol–water partition coefficient (Wildman–Crippen LogP) is 3.86. The van der Waals surface area contributed by atoms with Crippen molar-refractivity contribution in [1.29, 1.82) is 0 Å². The van der Waals surface area contributed by atoms with Crippen LogP contribution in [-0.2, 0) is 4.79 Å². The number of hydrogen-bond acceptors (Lipinski definition) is 4. The Kier molecular flexibility index (Phi) is 4.05. The summed E-state index contributed by atoms with van der Waals surface area (Å²) in [5, 5.41) is 15.7. The first-order valence-electron chi connectivity index (χ1n) is 7.67. The number of amides is 1. The van der Waals surface area contributed by atoms with Crippen LogP contribution < -0.4 is 5.32 Å². The summed E-state index contributed by atoms with van der Waals surface area (Å²) >= 11 is 9.31. The smallest absolute Gasteiger partial charge is 0.226 e. The van der Waals surface area contributed by atoms with Crippen LogP contribution >= 0.6 is 27.5 Å². The van der Waals surface area contributed by atoms with Gasteiger partial charge in [0.15, 0.2) is 11.0 Å². The molecule has 8 heteroatoms. The summed E-state index contributed by atoms with van der Waals surface area (Å²) in [6.07, 6.45) is 0.377. The van der Waals surface area contributed by atoms with Gasteiger partial charge in [0.05, 0.1) is 5.69 Å². The number of aromatic nitrogens is 4. The van der Waals surface area contributed by atoms with Crippen molar-refractivity contribution >= 4 is 39.3 Å². The van der Waals surface area contributed by atoms with E-state index in [1.165, 1.54) is 0 Å². The van der Waals surface area contributed by atoms with E-state index in [1.54, 1.807) is 16.8 Å². The Hall–Kier alpha value is -2.25. The van der Waals surface area contributed by atoms with Crippen molar-refractivity contribution in [3.63, 3.8) is 0 Å². The highest BCUT2D eigenvalue weighted by Gasteiger charge is 2.33. The van der Waals surface area contributed by atoms with E-state index in [0.717, 1.165) is 21.3 Å². The molecule has 0 saturated heterocycles. The zero-order valence-corrected chi connectivity index (χ0v) is 15.5. The normalized spacial score (nSPS) is 16.4. The van der Waals surface area contributed by atoms with Crippen LogP contribution in [0.2, 0.25) is 5.15 Å². The van der Waals surface area contributed by atoms with Crippen LogP contribution in [0.4, 0.5) is 5.82 Å². The summed E-state index contributed by atoms with van der Waals surface area (Å²) in [5.74, 6) is 1.02. The van der Waals surface area contributed by atoms with Gasteiger partial charge in [-0.2, -0.15) is 9.78 Å². The maximum absolute atomic E-state index is 12.3. The van der Waals surface area contributed by atoms with Crippen LogP contribution in [0, 0.1) is 6.92 Å². The molecule has 0 bridgehead atoms. The molecule has 126 valence electrons. The van der Waals surface area contributed by atoms with Gasteiger partial charge in [-0.15, -0.1) is 10.2 Å². The summed E-state index contributed by atoms with van der Waals surface area (Å²) in [6.45, 7) is 1.93.